The SMILES string of the molecule is CCNC(=NCc1ccccc1CN1CCN(c2ccccc2)CC1)N1CC[C@@H](O)C1. The number of nitrogens with zero attached hydrogens (tertiary/aromatic N) is 4. The van der Waals surface area contributed by atoms with E-state index in [2.05, 4.69) is 81.5 Å². The number of rotatable bonds is 6. The number of guanidine groups is 1. The van der Waals surface area contributed by atoms with Gasteiger partial charge in [-0.15, -0.1) is 0 Å². The van der Waals surface area contributed by atoms with Gasteiger partial charge in [0.15, 0.2) is 5.96 Å². The highest BCUT2D eigenvalue weighted by molar-refractivity contribution is 5.80. The summed E-state index contributed by atoms with van der Waals surface area (Å²) >= 11 is 0. The zero-order valence-corrected chi connectivity index (χ0v) is 18.6. The van der Waals surface area contributed by atoms with E-state index in [9.17, 15) is 5.11 Å². The van der Waals surface area contributed by atoms with Crippen LogP contribution in [0.15, 0.2) is 59.6 Å². The molecule has 6 nitrogen and oxygen atoms in total. The van der Waals surface area contributed by atoms with E-state index in [-0.39, 0.29) is 6.10 Å². The molecule has 2 fully saturated rings. The highest BCUT2D eigenvalue weighted by Gasteiger charge is 2.23. The van der Waals surface area contributed by atoms with E-state index in [0.29, 0.717) is 13.1 Å². The maximum Gasteiger partial charge on any atom is 0.194 e. The Bertz CT molecular complexity index is 848. The Balaban J connectivity index is 1.37. The lowest BCUT2D eigenvalue weighted by Gasteiger charge is -2.36. The van der Waals surface area contributed by atoms with Crippen LogP contribution in [0.25, 0.3) is 0 Å². The van der Waals surface area contributed by atoms with Crippen molar-refractivity contribution in [2.45, 2.75) is 32.5 Å². The number of para-hydroxylation sites is 1. The van der Waals surface area contributed by atoms with Gasteiger partial charge in [-0.1, -0.05) is 42.5 Å². The van der Waals surface area contributed by atoms with Gasteiger partial charge >= 0.3 is 0 Å². The van der Waals surface area contributed by atoms with Gasteiger partial charge in [0.2, 0.25) is 0 Å². The van der Waals surface area contributed by atoms with E-state index < -0.39 is 0 Å². The molecule has 4 rings (SSSR count). The average molecular weight is 422 g/mol. The number of β-amino-alcohol motifs (C(OH)–C–C–N with tert-alkyl or cyclic N) is 1. The lowest BCUT2D eigenvalue weighted by molar-refractivity contribution is 0.188. The third kappa shape index (κ3) is 5.77. The summed E-state index contributed by atoms with van der Waals surface area (Å²) in [5.74, 6) is 0.908. The minimum absolute atomic E-state index is 0.245. The Labute approximate surface area is 186 Å². The fourth-order valence-corrected chi connectivity index (χ4v) is 4.43. The number of aliphatic hydroxyl groups excluding tert-OH is 1. The second kappa shape index (κ2) is 10.6. The van der Waals surface area contributed by atoms with Crippen molar-refractivity contribution in [3.8, 4) is 0 Å². The summed E-state index contributed by atoms with van der Waals surface area (Å²) < 4.78 is 0. The fraction of sp³-hybridized carbons (Fsp3) is 0.480. The van der Waals surface area contributed by atoms with Crippen molar-refractivity contribution >= 4 is 11.6 Å². The van der Waals surface area contributed by atoms with Gasteiger partial charge in [-0.3, -0.25) is 4.90 Å². The van der Waals surface area contributed by atoms with Crippen molar-refractivity contribution in [1.82, 2.24) is 15.1 Å². The summed E-state index contributed by atoms with van der Waals surface area (Å²) in [6.45, 7) is 10.3. The van der Waals surface area contributed by atoms with Crippen molar-refractivity contribution in [3.05, 3.63) is 65.7 Å². The molecule has 0 saturated carbocycles. The number of hydrogen-bond acceptors (Lipinski definition) is 4. The highest BCUT2D eigenvalue weighted by atomic mass is 16.3. The van der Waals surface area contributed by atoms with Gasteiger partial charge in [-0.2, -0.15) is 0 Å². The third-order valence-electron chi connectivity index (χ3n) is 6.20. The molecule has 2 saturated heterocycles. The Morgan fingerprint density at radius 2 is 1.68 bits per heavy atom. The van der Waals surface area contributed by atoms with Crippen LogP contribution in [0, 0.1) is 0 Å². The number of benzene rings is 2. The lowest BCUT2D eigenvalue weighted by Crippen LogP contribution is -2.46. The molecule has 6 heteroatoms. The minimum Gasteiger partial charge on any atom is -0.391 e. The number of hydrogen-bond donors (Lipinski definition) is 2. The molecule has 31 heavy (non-hydrogen) atoms. The summed E-state index contributed by atoms with van der Waals surface area (Å²) in [5.41, 5.74) is 3.96. The van der Waals surface area contributed by atoms with Crippen molar-refractivity contribution in [2.24, 2.45) is 4.99 Å². The molecule has 0 unspecified atom stereocenters. The zero-order valence-electron chi connectivity index (χ0n) is 18.6. The smallest absolute Gasteiger partial charge is 0.194 e. The van der Waals surface area contributed by atoms with Crippen LogP contribution in [-0.4, -0.2) is 72.8 Å². The summed E-state index contributed by atoms with van der Waals surface area (Å²) in [6, 6.07) is 19.4. The van der Waals surface area contributed by atoms with Crippen molar-refractivity contribution in [3.63, 3.8) is 0 Å². The van der Waals surface area contributed by atoms with Crippen LogP contribution < -0.4 is 10.2 Å². The van der Waals surface area contributed by atoms with Crippen LogP contribution in [-0.2, 0) is 13.1 Å². The molecular formula is C25H35N5O. The molecule has 166 valence electrons. The molecule has 0 aliphatic carbocycles. The first-order valence-corrected chi connectivity index (χ1v) is 11.5. The Hall–Kier alpha value is -2.57. The molecule has 2 heterocycles. The average Bonchev–Trinajstić information content (AvgIpc) is 3.25. The summed E-state index contributed by atoms with van der Waals surface area (Å²) in [4.78, 5) is 12.1. The molecule has 2 aliphatic heterocycles. The number of anilines is 1. The second-order valence-corrected chi connectivity index (χ2v) is 8.43. The molecule has 2 aromatic carbocycles. The largest absolute Gasteiger partial charge is 0.391 e. The molecule has 1 atom stereocenters. The summed E-state index contributed by atoms with van der Waals surface area (Å²) in [7, 11) is 0. The first kappa shape index (κ1) is 21.7. The van der Waals surface area contributed by atoms with Crippen LogP contribution in [0.4, 0.5) is 5.69 Å². The third-order valence-corrected chi connectivity index (χ3v) is 6.20. The predicted octanol–water partition coefficient (Wildman–Crippen LogP) is 2.54. The standard InChI is InChI=1S/C25H35N5O/c1-2-26-25(30-13-12-24(31)20-30)27-18-21-8-6-7-9-22(21)19-28-14-16-29(17-15-28)23-10-4-3-5-11-23/h3-11,24,31H,2,12-20H2,1H3,(H,26,27)/t24-/m1/s1. The zero-order chi connectivity index (χ0) is 21.5. The van der Waals surface area contributed by atoms with Crippen LogP contribution in [0.5, 0.6) is 0 Å². The van der Waals surface area contributed by atoms with Crippen LogP contribution in [0.3, 0.4) is 0 Å². The van der Waals surface area contributed by atoms with Crippen molar-refractivity contribution < 1.29 is 5.11 Å². The van der Waals surface area contributed by atoms with E-state index >= 15 is 0 Å². The molecule has 0 aromatic heterocycles. The Kier molecular flexibility index (Phi) is 7.43. The Morgan fingerprint density at radius 1 is 0.968 bits per heavy atom. The quantitative estimate of drug-likeness (QED) is 0.555. The first-order chi connectivity index (χ1) is 15.2. The van der Waals surface area contributed by atoms with E-state index in [1.54, 1.807) is 0 Å². The maximum atomic E-state index is 9.89. The van der Waals surface area contributed by atoms with Crippen LogP contribution in [0.1, 0.15) is 24.5 Å². The number of piperazine rings is 1. The first-order valence-electron chi connectivity index (χ1n) is 11.5. The Morgan fingerprint density at radius 3 is 2.35 bits per heavy atom. The van der Waals surface area contributed by atoms with Gasteiger partial charge < -0.3 is 20.2 Å². The predicted molar refractivity (Wildman–Crippen MR) is 127 cm³/mol. The minimum atomic E-state index is -0.245. The van der Waals surface area contributed by atoms with E-state index in [4.69, 9.17) is 4.99 Å². The topological polar surface area (TPSA) is 54.3 Å². The normalized spacial score (nSPS) is 20.3. The lowest BCUT2D eigenvalue weighted by atomic mass is 10.1. The molecular weight excluding hydrogens is 386 g/mol. The number of likely N-dealkylation sites (tertiary alicyclic amines) is 1. The summed E-state index contributed by atoms with van der Waals surface area (Å²) in [6.07, 6.45) is 0.571. The molecule has 0 amide bonds. The van der Waals surface area contributed by atoms with E-state index in [1.165, 1.54) is 16.8 Å². The number of nitrogens with one attached hydrogen (secondary N) is 1. The van der Waals surface area contributed by atoms with Gasteiger partial charge in [0.1, 0.15) is 0 Å². The fourth-order valence-electron chi connectivity index (χ4n) is 4.43. The van der Waals surface area contributed by atoms with E-state index in [0.717, 1.165) is 58.2 Å². The van der Waals surface area contributed by atoms with Gasteiger partial charge in [-0.25, -0.2) is 4.99 Å². The molecule has 2 aromatic rings. The van der Waals surface area contributed by atoms with E-state index in [1.807, 2.05) is 0 Å². The molecule has 0 bridgehead atoms. The monoisotopic (exact) mass is 421 g/mol. The van der Waals surface area contributed by atoms with Gasteiger partial charge in [-0.05, 0) is 36.6 Å². The van der Waals surface area contributed by atoms with Gasteiger partial charge in [0.25, 0.3) is 0 Å². The molecule has 0 spiro atoms. The van der Waals surface area contributed by atoms with Gasteiger partial charge in [0, 0.05) is 58.0 Å². The van der Waals surface area contributed by atoms with Gasteiger partial charge in [0.05, 0.1) is 12.6 Å². The van der Waals surface area contributed by atoms with Crippen LogP contribution >= 0.6 is 0 Å². The highest BCUT2D eigenvalue weighted by Crippen LogP contribution is 2.19. The maximum absolute atomic E-state index is 9.89. The molecule has 2 aliphatic rings. The number of aliphatic imine (C=N–C) groups is 1. The van der Waals surface area contributed by atoms with Crippen LogP contribution in [0.2, 0.25) is 0 Å². The molecule has 2 N–H and O–H groups in total. The van der Waals surface area contributed by atoms with Crippen molar-refractivity contribution in [1.29, 1.82) is 0 Å². The summed E-state index contributed by atoms with van der Waals surface area (Å²) in [5, 5.41) is 13.3. The molecule has 0 radical (unpaired) electrons. The van der Waals surface area contributed by atoms with Crippen molar-refractivity contribution in [2.75, 3.05) is 50.7 Å². The second-order valence-electron chi connectivity index (χ2n) is 8.43. The number of aliphatic hydroxyl groups is 1.